The molecule has 0 heterocycles. The fourth-order valence-corrected chi connectivity index (χ4v) is 2.95. The van der Waals surface area contributed by atoms with Crippen molar-refractivity contribution in [2.75, 3.05) is 11.5 Å². The highest BCUT2D eigenvalue weighted by molar-refractivity contribution is 7.91. The van der Waals surface area contributed by atoms with Gasteiger partial charge in [0.1, 0.15) is 0 Å². The number of hydrogen-bond acceptors (Lipinski definition) is 3. The number of nitrogens with one attached hydrogen (secondary N) is 1. The Morgan fingerprint density at radius 2 is 2.00 bits per heavy atom. The maximum absolute atomic E-state index is 11.5. The molecule has 1 rings (SSSR count). The van der Waals surface area contributed by atoms with Gasteiger partial charge in [-0.15, -0.1) is 6.58 Å². The molecule has 3 nitrogen and oxygen atoms in total. The van der Waals surface area contributed by atoms with Crippen molar-refractivity contribution < 1.29 is 8.42 Å². The fourth-order valence-electron chi connectivity index (χ4n) is 1.58. The average Bonchev–Trinajstić information content (AvgIpc) is 2.27. The van der Waals surface area contributed by atoms with Gasteiger partial charge in [0.2, 0.25) is 0 Å². The summed E-state index contributed by atoms with van der Waals surface area (Å²) in [5, 5.41) is 3.20. The first-order chi connectivity index (χ1) is 8.03. The van der Waals surface area contributed by atoms with E-state index in [9.17, 15) is 8.42 Å². The molecule has 0 aliphatic carbocycles. The molecule has 1 atom stereocenters. The Kier molecular flexibility index (Phi) is 5.38. The highest BCUT2D eigenvalue weighted by Crippen LogP contribution is 2.00. The third kappa shape index (κ3) is 5.65. The predicted octanol–water partition coefficient (Wildman–Crippen LogP) is 1.77. The van der Waals surface area contributed by atoms with Gasteiger partial charge < -0.3 is 5.32 Å². The van der Waals surface area contributed by atoms with E-state index in [1.807, 2.05) is 37.3 Å². The lowest BCUT2D eigenvalue weighted by molar-refractivity contribution is 0.558. The van der Waals surface area contributed by atoms with Crippen LogP contribution in [0.5, 0.6) is 0 Å². The van der Waals surface area contributed by atoms with Crippen LogP contribution in [0.2, 0.25) is 0 Å². The first kappa shape index (κ1) is 13.9. The van der Waals surface area contributed by atoms with Crippen LogP contribution in [0.4, 0.5) is 0 Å². The predicted molar refractivity (Wildman–Crippen MR) is 71.6 cm³/mol. The van der Waals surface area contributed by atoms with Crippen molar-refractivity contribution >= 4 is 9.84 Å². The molecule has 0 saturated heterocycles. The summed E-state index contributed by atoms with van der Waals surface area (Å²) in [6.07, 6.45) is 1.43. The van der Waals surface area contributed by atoms with Crippen molar-refractivity contribution in [1.29, 1.82) is 0 Å². The van der Waals surface area contributed by atoms with E-state index in [4.69, 9.17) is 0 Å². The standard InChI is InChI=1S/C13H19NO2S/c1-3-9-17(15,16)11-12(2)14-10-13-7-5-4-6-8-13/h3-8,12,14H,1,9-11H2,2H3. The topological polar surface area (TPSA) is 46.2 Å². The SMILES string of the molecule is C=CCS(=O)(=O)CC(C)NCc1ccccc1. The molecular formula is C13H19NO2S. The van der Waals surface area contributed by atoms with Gasteiger partial charge >= 0.3 is 0 Å². The number of benzene rings is 1. The lowest BCUT2D eigenvalue weighted by atomic mass is 10.2. The number of sulfone groups is 1. The Morgan fingerprint density at radius 3 is 2.59 bits per heavy atom. The first-order valence-electron chi connectivity index (χ1n) is 5.62. The molecule has 0 aliphatic rings. The molecule has 0 aliphatic heterocycles. The van der Waals surface area contributed by atoms with Gasteiger partial charge in [-0.2, -0.15) is 0 Å². The monoisotopic (exact) mass is 253 g/mol. The molecule has 4 heteroatoms. The second kappa shape index (κ2) is 6.57. The highest BCUT2D eigenvalue weighted by Gasteiger charge is 2.13. The smallest absolute Gasteiger partial charge is 0.155 e. The van der Waals surface area contributed by atoms with E-state index in [1.165, 1.54) is 6.08 Å². The van der Waals surface area contributed by atoms with Crippen LogP contribution in [-0.4, -0.2) is 26.0 Å². The van der Waals surface area contributed by atoms with Gasteiger partial charge in [-0.3, -0.25) is 0 Å². The molecule has 0 fully saturated rings. The van der Waals surface area contributed by atoms with Crippen LogP contribution in [-0.2, 0) is 16.4 Å². The van der Waals surface area contributed by atoms with E-state index in [0.717, 1.165) is 5.56 Å². The normalized spacial score (nSPS) is 13.2. The Balaban J connectivity index is 2.40. The van der Waals surface area contributed by atoms with Gasteiger partial charge in [-0.05, 0) is 12.5 Å². The van der Waals surface area contributed by atoms with Crippen LogP contribution in [0.25, 0.3) is 0 Å². The Morgan fingerprint density at radius 1 is 1.35 bits per heavy atom. The molecule has 0 radical (unpaired) electrons. The summed E-state index contributed by atoms with van der Waals surface area (Å²) in [5.74, 6) is 0.191. The zero-order valence-corrected chi connectivity index (χ0v) is 10.9. The van der Waals surface area contributed by atoms with Crippen LogP contribution in [0.15, 0.2) is 43.0 Å². The summed E-state index contributed by atoms with van der Waals surface area (Å²) in [4.78, 5) is 0. The molecule has 1 N–H and O–H groups in total. The van der Waals surface area contributed by atoms with Crippen molar-refractivity contribution in [3.63, 3.8) is 0 Å². The lowest BCUT2D eigenvalue weighted by Crippen LogP contribution is -2.33. The fraction of sp³-hybridized carbons (Fsp3) is 0.385. The summed E-state index contributed by atoms with van der Waals surface area (Å²) in [7, 11) is -3.02. The average molecular weight is 253 g/mol. The van der Waals surface area contributed by atoms with Crippen molar-refractivity contribution in [3.8, 4) is 0 Å². The zero-order chi connectivity index (χ0) is 12.7. The second-order valence-electron chi connectivity index (χ2n) is 4.13. The van der Waals surface area contributed by atoms with Crippen LogP contribution in [0.3, 0.4) is 0 Å². The van der Waals surface area contributed by atoms with Gasteiger partial charge in [0, 0.05) is 12.6 Å². The number of hydrogen-bond donors (Lipinski definition) is 1. The molecule has 0 aromatic heterocycles. The van der Waals surface area contributed by atoms with E-state index in [1.54, 1.807) is 0 Å². The van der Waals surface area contributed by atoms with Crippen LogP contribution in [0.1, 0.15) is 12.5 Å². The molecule has 1 aromatic carbocycles. The molecule has 0 amide bonds. The first-order valence-corrected chi connectivity index (χ1v) is 7.44. The van der Waals surface area contributed by atoms with Crippen LogP contribution >= 0.6 is 0 Å². The van der Waals surface area contributed by atoms with E-state index in [0.29, 0.717) is 6.54 Å². The minimum atomic E-state index is -3.02. The highest BCUT2D eigenvalue weighted by atomic mass is 32.2. The lowest BCUT2D eigenvalue weighted by Gasteiger charge is -2.13. The maximum Gasteiger partial charge on any atom is 0.155 e. The van der Waals surface area contributed by atoms with Gasteiger partial charge in [-0.1, -0.05) is 36.4 Å². The van der Waals surface area contributed by atoms with Crippen LogP contribution < -0.4 is 5.32 Å². The molecule has 17 heavy (non-hydrogen) atoms. The van der Waals surface area contributed by atoms with Crippen molar-refractivity contribution in [2.45, 2.75) is 19.5 Å². The largest absolute Gasteiger partial charge is 0.309 e. The summed E-state index contributed by atoms with van der Waals surface area (Å²) in [6, 6.07) is 9.86. The third-order valence-electron chi connectivity index (χ3n) is 2.37. The maximum atomic E-state index is 11.5. The second-order valence-corrected chi connectivity index (χ2v) is 6.29. The van der Waals surface area contributed by atoms with Crippen LogP contribution in [0, 0.1) is 0 Å². The van der Waals surface area contributed by atoms with Crippen molar-refractivity contribution in [2.24, 2.45) is 0 Å². The molecule has 94 valence electrons. The summed E-state index contributed by atoms with van der Waals surface area (Å²) < 4.78 is 23.1. The van der Waals surface area contributed by atoms with E-state index in [-0.39, 0.29) is 17.5 Å². The molecule has 1 aromatic rings. The minimum absolute atomic E-state index is 0.0460. The quantitative estimate of drug-likeness (QED) is 0.753. The Bertz CT molecular complexity index is 440. The molecule has 0 saturated carbocycles. The van der Waals surface area contributed by atoms with E-state index in [2.05, 4.69) is 11.9 Å². The van der Waals surface area contributed by atoms with Gasteiger partial charge in [0.25, 0.3) is 0 Å². The molecule has 0 bridgehead atoms. The Labute approximate surface area is 103 Å². The Hall–Kier alpha value is -1.13. The molecular weight excluding hydrogens is 234 g/mol. The van der Waals surface area contributed by atoms with Gasteiger partial charge in [-0.25, -0.2) is 8.42 Å². The zero-order valence-electron chi connectivity index (χ0n) is 10.1. The van der Waals surface area contributed by atoms with E-state index < -0.39 is 9.84 Å². The van der Waals surface area contributed by atoms with E-state index >= 15 is 0 Å². The van der Waals surface area contributed by atoms with Crippen molar-refractivity contribution in [3.05, 3.63) is 48.6 Å². The van der Waals surface area contributed by atoms with Gasteiger partial charge in [0.05, 0.1) is 11.5 Å². The van der Waals surface area contributed by atoms with Crippen molar-refractivity contribution in [1.82, 2.24) is 5.32 Å². The summed E-state index contributed by atoms with van der Waals surface area (Å²) in [6.45, 7) is 6.01. The summed E-state index contributed by atoms with van der Waals surface area (Å²) >= 11 is 0. The molecule has 1 unspecified atom stereocenters. The third-order valence-corrected chi connectivity index (χ3v) is 4.12. The summed E-state index contributed by atoms with van der Waals surface area (Å²) in [5.41, 5.74) is 1.15. The van der Waals surface area contributed by atoms with Gasteiger partial charge in [0.15, 0.2) is 9.84 Å². The minimum Gasteiger partial charge on any atom is -0.309 e. The number of rotatable bonds is 7. The molecule has 0 spiro atoms.